The van der Waals surface area contributed by atoms with Crippen LogP contribution in [-0.2, 0) is 9.84 Å². The van der Waals surface area contributed by atoms with E-state index in [0.717, 1.165) is 6.26 Å². The summed E-state index contributed by atoms with van der Waals surface area (Å²) < 4.78 is 34.4. The van der Waals surface area contributed by atoms with Gasteiger partial charge in [-0.05, 0) is 36.8 Å². The van der Waals surface area contributed by atoms with Gasteiger partial charge in [-0.25, -0.2) is 8.42 Å². The molecule has 0 aliphatic heterocycles. The number of ether oxygens (including phenoxy) is 1. The van der Waals surface area contributed by atoms with Gasteiger partial charge in [-0.15, -0.1) is 0 Å². The van der Waals surface area contributed by atoms with Crippen LogP contribution >= 0.6 is 0 Å². The highest BCUT2D eigenvalue weighted by atomic mass is 32.2. The van der Waals surface area contributed by atoms with Crippen molar-refractivity contribution in [1.29, 1.82) is 0 Å². The van der Waals surface area contributed by atoms with Gasteiger partial charge < -0.3 is 14.9 Å². The molecule has 1 heterocycles. The number of rotatable bonds is 6. The SMILES string of the molecule is CCC(N)C(Oc1cccc(S(C)(=O)=O)c1)c1ccco1. The highest BCUT2D eigenvalue weighted by molar-refractivity contribution is 7.90. The van der Waals surface area contributed by atoms with E-state index in [1.54, 1.807) is 30.5 Å². The molecule has 2 aromatic rings. The van der Waals surface area contributed by atoms with Gasteiger partial charge in [0.05, 0.1) is 11.2 Å². The molecule has 1 aromatic carbocycles. The quantitative estimate of drug-likeness (QED) is 0.886. The molecule has 0 radical (unpaired) electrons. The van der Waals surface area contributed by atoms with Crippen LogP contribution in [-0.4, -0.2) is 20.7 Å². The molecular formula is C15H19NO4S. The average Bonchev–Trinajstić information content (AvgIpc) is 2.97. The molecule has 0 aliphatic carbocycles. The van der Waals surface area contributed by atoms with E-state index < -0.39 is 15.9 Å². The van der Waals surface area contributed by atoms with E-state index in [-0.39, 0.29) is 10.9 Å². The molecule has 6 heteroatoms. The maximum atomic E-state index is 11.6. The van der Waals surface area contributed by atoms with E-state index in [0.29, 0.717) is 17.9 Å². The van der Waals surface area contributed by atoms with E-state index in [1.165, 1.54) is 12.1 Å². The molecule has 2 atom stereocenters. The summed E-state index contributed by atoms with van der Waals surface area (Å²) in [5.41, 5.74) is 6.08. The topological polar surface area (TPSA) is 82.5 Å². The van der Waals surface area contributed by atoms with Gasteiger partial charge >= 0.3 is 0 Å². The molecular weight excluding hydrogens is 290 g/mol. The number of hydrogen-bond acceptors (Lipinski definition) is 5. The molecule has 2 rings (SSSR count). The first kappa shape index (κ1) is 15.6. The summed E-state index contributed by atoms with van der Waals surface area (Å²) in [5.74, 6) is 1.07. The van der Waals surface area contributed by atoms with Gasteiger partial charge in [0, 0.05) is 12.3 Å². The van der Waals surface area contributed by atoms with Crippen molar-refractivity contribution in [3.8, 4) is 5.75 Å². The Bertz CT molecular complexity index is 679. The molecule has 0 bridgehead atoms. The Kier molecular flexibility index (Phi) is 4.69. The molecule has 0 fully saturated rings. The van der Waals surface area contributed by atoms with Crippen LogP contribution in [0.5, 0.6) is 5.75 Å². The van der Waals surface area contributed by atoms with Crippen LogP contribution in [0.1, 0.15) is 25.2 Å². The molecule has 0 aliphatic rings. The van der Waals surface area contributed by atoms with Gasteiger partial charge in [0.1, 0.15) is 11.5 Å². The van der Waals surface area contributed by atoms with Crippen molar-refractivity contribution in [2.75, 3.05) is 6.26 Å². The van der Waals surface area contributed by atoms with Gasteiger partial charge in [-0.1, -0.05) is 13.0 Å². The fraction of sp³-hybridized carbons (Fsp3) is 0.333. The molecule has 0 saturated heterocycles. The third-order valence-electron chi connectivity index (χ3n) is 3.18. The largest absolute Gasteiger partial charge is 0.481 e. The Morgan fingerprint density at radius 2 is 2.05 bits per heavy atom. The lowest BCUT2D eigenvalue weighted by atomic mass is 10.1. The summed E-state index contributed by atoms with van der Waals surface area (Å²) in [5, 5.41) is 0. The van der Waals surface area contributed by atoms with E-state index >= 15 is 0 Å². The Morgan fingerprint density at radius 1 is 1.29 bits per heavy atom. The van der Waals surface area contributed by atoms with Crippen molar-refractivity contribution in [3.63, 3.8) is 0 Å². The van der Waals surface area contributed by atoms with Gasteiger partial charge in [-0.2, -0.15) is 0 Å². The van der Waals surface area contributed by atoms with Crippen LogP contribution in [0.2, 0.25) is 0 Å². The zero-order valence-corrected chi connectivity index (χ0v) is 12.8. The highest BCUT2D eigenvalue weighted by Gasteiger charge is 2.23. The summed E-state index contributed by atoms with van der Waals surface area (Å²) in [6.45, 7) is 1.96. The molecule has 1 aromatic heterocycles. The first-order chi connectivity index (χ1) is 9.91. The van der Waals surface area contributed by atoms with Crippen LogP contribution in [0.15, 0.2) is 52.0 Å². The first-order valence-electron chi connectivity index (χ1n) is 6.67. The van der Waals surface area contributed by atoms with E-state index in [4.69, 9.17) is 14.9 Å². The minimum absolute atomic E-state index is 0.211. The number of sulfone groups is 1. The Hall–Kier alpha value is -1.79. The molecule has 0 saturated carbocycles. The normalized spacial score (nSPS) is 14.6. The molecule has 5 nitrogen and oxygen atoms in total. The minimum Gasteiger partial charge on any atom is -0.481 e. The van der Waals surface area contributed by atoms with Crippen molar-refractivity contribution in [2.45, 2.75) is 30.4 Å². The lowest BCUT2D eigenvalue weighted by Crippen LogP contribution is -2.31. The summed E-state index contributed by atoms with van der Waals surface area (Å²) in [7, 11) is -3.28. The Labute approximate surface area is 124 Å². The highest BCUT2D eigenvalue weighted by Crippen LogP contribution is 2.27. The second-order valence-corrected chi connectivity index (χ2v) is 6.89. The van der Waals surface area contributed by atoms with Crippen LogP contribution < -0.4 is 10.5 Å². The predicted molar refractivity (Wildman–Crippen MR) is 79.9 cm³/mol. The van der Waals surface area contributed by atoms with Gasteiger partial charge in [0.25, 0.3) is 0 Å². The lowest BCUT2D eigenvalue weighted by molar-refractivity contribution is 0.144. The molecule has 0 spiro atoms. The molecule has 114 valence electrons. The Balaban J connectivity index is 2.29. The smallest absolute Gasteiger partial charge is 0.175 e. The van der Waals surface area contributed by atoms with Crippen molar-refractivity contribution in [2.24, 2.45) is 5.73 Å². The van der Waals surface area contributed by atoms with E-state index in [1.807, 2.05) is 6.92 Å². The van der Waals surface area contributed by atoms with Gasteiger partial charge in [0.2, 0.25) is 0 Å². The molecule has 0 amide bonds. The van der Waals surface area contributed by atoms with E-state index in [2.05, 4.69) is 0 Å². The molecule has 21 heavy (non-hydrogen) atoms. The fourth-order valence-corrected chi connectivity index (χ4v) is 2.60. The van der Waals surface area contributed by atoms with Crippen LogP contribution in [0.3, 0.4) is 0 Å². The average molecular weight is 309 g/mol. The lowest BCUT2D eigenvalue weighted by Gasteiger charge is -2.22. The summed E-state index contributed by atoms with van der Waals surface area (Å²) >= 11 is 0. The minimum atomic E-state index is -3.28. The van der Waals surface area contributed by atoms with Crippen LogP contribution in [0, 0.1) is 0 Å². The fourth-order valence-electron chi connectivity index (χ4n) is 1.95. The van der Waals surface area contributed by atoms with Crippen molar-refractivity contribution < 1.29 is 17.6 Å². The first-order valence-corrected chi connectivity index (χ1v) is 8.56. The summed E-state index contributed by atoms with van der Waals surface area (Å²) in [6, 6.07) is 9.67. The zero-order chi connectivity index (χ0) is 15.5. The maximum absolute atomic E-state index is 11.6. The predicted octanol–water partition coefficient (Wildman–Crippen LogP) is 2.54. The third-order valence-corrected chi connectivity index (χ3v) is 4.29. The number of nitrogens with two attached hydrogens (primary N) is 1. The second kappa shape index (κ2) is 6.32. The maximum Gasteiger partial charge on any atom is 0.175 e. The standard InChI is InChI=1S/C15H19NO4S/c1-3-13(16)15(14-8-5-9-19-14)20-11-6-4-7-12(10-11)21(2,17)18/h4-10,13,15H,3,16H2,1-2H3. The van der Waals surface area contributed by atoms with Crippen LogP contribution in [0.4, 0.5) is 0 Å². The molecule has 2 N–H and O–H groups in total. The van der Waals surface area contributed by atoms with E-state index in [9.17, 15) is 8.42 Å². The second-order valence-electron chi connectivity index (χ2n) is 4.87. The van der Waals surface area contributed by atoms with Crippen LogP contribution in [0.25, 0.3) is 0 Å². The zero-order valence-electron chi connectivity index (χ0n) is 12.0. The summed E-state index contributed by atoms with van der Waals surface area (Å²) in [4.78, 5) is 0.211. The summed E-state index contributed by atoms with van der Waals surface area (Å²) in [6.07, 6.45) is 2.96. The number of furan rings is 1. The Morgan fingerprint density at radius 3 is 2.62 bits per heavy atom. The number of benzene rings is 1. The third kappa shape index (κ3) is 3.86. The van der Waals surface area contributed by atoms with Gasteiger partial charge in [-0.3, -0.25) is 0 Å². The molecule has 2 unspecified atom stereocenters. The van der Waals surface area contributed by atoms with Gasteiger partial charge in [0.15, 0.2) is 15.9 Å². The van der Waals surface area contributed by atoms with Crippen molar-refractivity contribution in [1.82, 2.24) is 0 Å². The monoisotopic (exact) mass is 309 g/mol. The van der Waals surface area contributed by atoms with Crippen molar-refractivity contribution >= 4 is 9.84 Å². The number of hydrogen-bond donors (Lipinski definition) is 1. The van der Waals surface area contributed by atoms with Crippen molar-refractivity contribution in [3.05, 3.63) is 48.4 Å².